The van der Waals surface area contributed by atoms with E-state index in [1.54, 1.807) is 49.1 Å². The van der Waals surface area contributed by atoms with Crippen molar-refractivity contribution in [3.8, 4) is 0 Å². The summed E-state index contributed by atoms with van der Waals surface area (Å²) in [5.74, 6) is -5.36. The summed E-state index contributed by atoms with van der Waals surface area (Å²) in [4.78, 5) is 43.8. The van der Waals surface area contributed by atoms with Crippen LogP contribution >= 0.6 is 0 Å². The first-order valence-corrected chi connectivity index (χ1v) is 12.1. The molecule has 8 nitrogen and oxygen atoms in total. The first kappa shape index (κ1) is 27.1. The molecule has 1 aliphatic rings. The molecule has 1 fully saturated rings. The summed E-state index contributed by atoms with van der Waals surface area (Å²) < 4.78 is 55.5. The number of hydrogen-bond acceptors (Lipinski definition) is 4. The fourth-order valence-corrected chi connectivity index (χ4v) is 4.80. The monoisotopic (exact) mass is 533 g/mol. The van der Waals surface area contributed by atoms with E-state index in [9.17, 15) is 31.9 Å². The summed E-state index contributed by atoms with van der Waals surface area (Å²) in [5.41, 5.74) is 1.26. The van der Waals surface area contributed by atoms with Crippen molar-refractivity contribution in [2.75, 3.05) is 13.1 Å². The van der Waals surface area contributed by atoms with Crippen molar-refractivity contribution in [1.82, 2.24) is 24.9 Å². The molecule has 0 spiro atoms. The number of likely N-dealkylation sites (tertiary alicyclic amines) is 1. The molecule has 3 heterocycles. The zero-order valence-electron chi connectivity index (χ0n) is 20.7. The van der Waals surface area contributed by atoms with Gasteiger partial charge in [-0.3, -0.25) is 14.4 Å². The third kappa shape index (κ3) is 5.79. The second-order valence-electron chi connectivity index (χ2n) is 9.60. The van der Waals surface area contributed by atoms with Crippen molar-refractivity contribution in [1.29, 1.82) is 0 Å². The molecule has 38 heavy (non-hydrogen) atoms. The lowest BCUT2D eigenvalue weighted by Crippen LogP contribution is -2.58. The molecule has 0 aliphatic carbocycles. The van der Waals surface area contributed by atoms with Crippen LogP contribution in [0.1, 0.15) is 42.1 Å². The summed E-state index contributed by atoms with van der Waals surface area (Å²) in [6.45, 7) is 3.38. The van der Waals surface area contributed by atoms with Crippen LogP contribution in [0.3, 0.4) is 0 Å². The van der Waals surface area contributed by atoms with E-state index >= 15 is 0 Å². The van der Waals surface area contributed by atoms with E-state index in [-0.39, 0.29) is 31.0 Å². The van der Waals surface area contributed by atoms with Gasteiger partial charge in [0.25, 0.3) is 11.8 Å². The molecule has 0 radical (unpaired) electrons. The maximum Gasteiger partial charge on any atom is 0.315 e. The van der Waals surface area contributed by atoms with Crippen LogP contribution in [0, 0.1) is 17.6 Å². The van der Waals surface area contributed by atoms with Gasteiger partial charge in [0, 0.05) is 31.3 Å². The number of benzene rings is 1. The van der Waals surface area contributed by atoms with Gasteiger partial charge in [-0.15, -0.1) is 0 Å². The number of amides is 3. The van der Waals surface area contributed by atoms with Crippen molar-refractivity contribution in [2.45, 2.75) is 44.7 Å². The SMILES string of the molecule is CC(C)[C@H](NC(=O)C(F)F)C(=O)N[C@@H]1CN(C(=O)c2cccn3cncc23)CC[C@H]1c1cc(F)cc(F)c1. The average molecular weight is 534 g/mol. The van der Waals surface area contributed by atoms with Gasteiger partial charge < -0.3 is 19.9 Å². The second-order valence-corrected chi connectivity index (χ2v) is 9.60. The third-order valence-electron chi connectivity index (χ3n) is 6.67. The predicted octanol–water partition coefficient (Wildman–Crippen LogP) is 3.13. The van der Waals surface area contributed by atoms with Gasteiger partial charge in [-0.05, 0) is 42.2 Å². The number of nitrogens with zero attached hydrogens (tertiary/aromatic N) is 3. The van der Waals surface area contributed by atoms with Crippen LogP contribution in [-0.4, -0.2) is 63.6 Å². The molecule has 4 rings (SSSR count). The Hall–Kier alpha value is -3.96. The van der Waals surface area contributed by atoms with E-state index < -0.39 is 53.8 Å². The Labute approximate surface area is 216 Å². The highest BCUT2D eigenvalue weighted by molar-refractivity contribution is 6.00. The number of alkyl halides is 2. The van der Waals surface area contributed by atoms with E-state index in [1.165, 1.54) is 4.90 Å². The minimum absolute atomic E-state index is 0.0177. The number of nitrogens with one attached hydrogen (secondary N) is 2. The summed E-state index contributed by atoms with van der Waals surface area (Å²) in [7, 11) is 0. The fourth-order valence-electron chi connectivity index (χ4n) is 4.80. The van der Waals surface area contributed by atoms with Crippen LogP contribution in [0.2, 0.25) is 0 Å². The van der Waals surface area contributed by atoms with Crippen LogP contribution in [0.25, 0.3) is 5.52 Å². The Balaban J connectivity index is 1.62. The lowest BCUT2D eigenvalue weighted by Gasteiger charge is -2.40. The largest absolute Gasteiger partial charge is 0.349 e. The Morgan fingerprint density at radius 2 is 1.79 bits per heavy atom. The van der Waals surface area contributed by atoms with Gasteiger partial charge in [-0.2, -0.15) is 8.78 Å². The topological polar surface area (TPSA) is 95.8 Å². The molecule has 2 aromatic heterocycles. The van der Waals surface area contributed by atoms with Crippen LogP contribution in [0.15, 0.2) is 49.1 Å². The summed E-state index contributed by atoms with van der Waals surface area (Å²) in [6, 6.07) is 4.30. The summed E-state index contributed by atoms with van der Waals surface area (Å²) in [5, 5.41) is 4.79. The number of halogens is 4. The number of carbonyl (C=O) groups is 3. The third-order valence-corrected chi connectivity index (χ3v) is 6.67. The zero-order valence-corrected chi connectivity index (χ0v) is 20.7. The Kier molecular flexibility index (Phi) is 7.98. The summed E-state index contributed by atoms with van der Waals surface area (Å²) in [6.07, 6.45) is 1.80. The van der Waals surface area contributed by atoms with E-state index in [4.69, 9.17) is 0 Å². The molecule has 0 bridgehead atoms. The van der Waals surface area contributed by atoms with Gasteiger partial charge in [-0.1, -0.05) is 13.8 Å². The fraction of sp³-hybridized carbons (Fsp3) is 0.385. The first-order chi connectivity index (χ1) is 18.0. The van der Waals surface area contributed by atoms with E-state index in [0.29, 0.717) is 11.1 Å². The van der Waals surface area contributed by atoms with Crippen LogP contribution in [-0.2, 0) is 9.59 Å². The molecule has 202 valence electrons. The van der Waals surface area contributed by atoms with Crippen LogP contribution in [0.5, 0.6) is 0 Å². The molecule has 3 atom stereocenters. The number of fused-ring (bicyclic) bond motifs is 1. The number of piperidine rings is 1. The maximum atomic E-state index is 14.1. The Bertz CT molecular complexity index is 1330. The van der Waals surface area contributed by atoms with Gasteiger partial charge in [0.05, 0.1) is 29.6 Å². The number of carbonyl (C=O) groups excluding carboxylic acids is 3. The van der Waals surface area contributed by atoms with Crippen molar-refractivity contribution in [2.24, 2.45) is 5.92 Å². The minimum Gasteiger partial charge on any atom is -0.349 e. The molecule has 3 aromatic rings. The van der Waals surface area contributed by atoms with Gasteiger partial charge in [0.15, 0.2) is 0 Å². The minimum atomic E-state index is -3.30. The Morgan fingerprint density at radius 1 is 1.08 bits per heavy atom. The standard InChI is InChI=1S/C26H27F4N5O3/c1-14(2)22(33-25(37)23(29)30)24(36)32-20-12-34(7-5-18(20)15-8-16(27)10-17(28)9-15)26(38)19-4-3-6-35-13-31-11-21(19)35/h3-4,6,8-11,13-14,18,20,22-23H,5,7,12H2,1-2H3,(H,32,36)(H,33,37)/t18-,20+,22-/m0/s1. The van der Waals surface area contributed by atoms with Crippen molar-refractivity contribution in [3.63, 3.8) is 0 Å². The molecule has 0 unspecified atom stereocenters. The van der Waals surface area contributed by atoms with Crippen molar-refractivity contribution >= 4 is 23.2 Å². The molecule has 1 aliphatic heterocycles. The number of aromatic nitrogens is 2. The van der Waals surface area contributed by atoms with E-state index in [2.05, 4.69) is 10.3 Å². The van der Waals surface area contributed by atoms with Gasteiger partial charge >= 0.3 is 6.43 Å². The highest BCUT2D eigenvalue weighted by atomic mass is 19.3. The van der Waals surface area contributed by atoms with Crippen molar-refractivity contribution < 1.29 is 31.9 Å². The van der Waals surface area contributed by atoms with Crippen LogP contribution in [0.4, 0.5) is 17.6 Å². The number of hydrogen-bond donors (Lipinski definition) is 2. The number of imidazole rings is 1. The number of rotatable bonds is 7. The highest BCUT2D eigenvalue weighted by Crippen LogP contribution is 2.31. The lowest BCUT2D eigenvalue weighted by molar-refractivity contribution is -0.137. The lowest BCUT2D eigenvalue weighted by atomic mass is 9.84. The smallest absolute Gasteiger partial charge is 0.315 e. The van der Waals surface area contributed by atoms with Gasteiger partial charge in [0.2, 0.25) is 5.91 Å². The molecule has 12 heteroatoms. The molecule has 0 saturated carbocycles. The van der Waals surface area contributed by atoms with E-state index in [0.717, 1.165) is 18.2 Å². The highest BCUT2D eigenvalue weighted by Gasteiger charge is 2.37. The molecule has 1 saturated heterocycles. The quantitative estimate of drug-likeness (QED) is 0.457. The first-order valence-electron chi connectivity index (χ1n) is 12.1. The molecule has 2 N–H and O–H groups in total. The molecular weight excluding hydrogens is 506 g/mol. The zero-order chi connectivity index (χ0) is 27.6. The van der Waals surface area contributed by atoms with Gasteiger partial charge in [-0.25, -0.2) is 13.8 Å². The van der Waals surface area contributed by atoms with E-state index in [1.807, 2.05) is 5.32 Å². The van der Waals surface area contributed by atoms with Gasteiger partial charge in [0.1, 0.15) is 17.7 Å². The normalized spacial score (nSPS) is 18.6. The molecular formula is C26H27F4N5O3. The summed E-state index contributed by atoms with van der Waals surface area (Å²) >= 11 is 0. The van der Waals surface area contributed by atoms with Crippen LogP contribution < -0.4 is 10.6 Å². The van der Waals surface area contributed by atoms with Crippen molar-refractivity contribution in [3.05, 3.63) is 71.8 Å². The predicted molar refractivity (Wildman–Crippen MR) is 130 cm³/mol. The Morgan fingerprint density at radius 3 is 2.45 bits per heavy atom. The average Bonchev–Trinajstić information content (AvgIpc) is 3.34. The molecule has 3 amide bonds. The second kappa shape index (κ2) is 11.2. The molecule has 1 aromatic carbocycles. The number of pyridine rings is 1. The maximum absolute atomic E-state index is 14.1.